The Balaban J connectivity index is 2.27. The summed E-state index contributed by atoms with van der Waals surface area (Å²) < 4.78 is 21.3. The number of fused-ring (bicyclic) bond motifs is 1. The van der Waals surface area contributed by atoms with Crippen LogP contribution in [0.1, 0.15) is 13.8 Å². The minimum Gasteiger partial charge on any atom is -0.462 e. The molecule has 2 rings (SSSR count). The second-order valence-corrected chi connectivity index (χ2v) is 4.25. The fourth-order valence-electron chi connectivity index (χ4n) is 1.17. The lowest BCUT2D eigenvalue weighted by Crippen LogP contribution is -2.24. The molecular weight excluding hydrogens is 215 g/mol. The molecule has 0 unspecified atom stereocenters. The molecule has 80 valence electrons. The maximum Gasteiger partial charge on any atom is 0.300 e. The number of aliphatic imine (C=N–C) groups is 1. The van der Waals surface area contributed by atoms with E-state index in [1.54, 1.807) is 6.07 Å². The molecule has 0 aromatic heterocycles. The van der Waals surface area contributed by atoms with Gasteiger partial charge in [0.2, 0.25) is 0 Å². The van der Waals surface area contributed by atoms with Crippen molar-refractivity contribution >= 4 is 23.7 Å². The number of halogens is 1. The van der Waals surface area contributed by atoms with Crippen LogP contribution in [0.3, 0.4) is 0 Å². The van der Waals surface area contributed by atoms with E-state index >= 15 is 0 Å². The standard InChI is InChI=1S/C10H11FN2OS/c1-6(2)14-10-12-8-5-7(11)3-4-9(8)15-13-10/h3-6H,1-2H3,(H,12,13). The Hall–Kier alpha value is -1.23. The van der Waals surface area contributed by atoms with Gasteiger partial charge in [0.15, 0.2) is 0 Å². The largest absolute Gasteiger partial charge is 0.462 e. The van der Waals surface area contributed by atoms with Gasteiger partial charge in [0, 0.05) is 6.07 Å². The molecule has 0 bridgehead atoms. The van der Waals surface area contributed by atoms with E-state index in [0.29, 0.717) is 11.7 Å². The first-order valence-electron chi connectivity index (χ1n) is 4.63. The van der Waals surface area contributed by atoms with E-state index in [-0.39, 0.29) is 11.9 Å². The van der Waals surface area contributed by atoms with Crippen LogP contribution in [-0.4, -0.2) is 12.1 Å². The predicted octanol–water partition coefficient (Wildman–Crippen LogP) is 2.85. The van der Waals surface area contributed by atoms with Crippen molar-refractivity contribution in [3.63, 3.8) is 0 Å². The van der Waals surface area contributed by atoms with Crippen LogP contribution in [0.2, 0.25) is 0 Å². The molecule has 1 aliphatic rings. The van der Waals surface area contributed by atoms with Gasteiger partial charge in [-0.25, -0.2) is 4.39 Å². The Bertz CT molecular complexity index is 406. The zero-order valence-electron chi connectivity index (χ0n) is 8.45. The first-order valence-corrected chi connectivity index (χ1v) is 5.44. The third-order valence-electron chi connectivity index (χ3n) is 1.74. The molecule has 1 heterocycles. The van der Waals surface area contributed by atoms with Gasteiger partial charge in [0.1, 0.15) is 5.82 Å². The second kappa shape index (κ2) is 4.10. The molecular formula is C10H11FN2OS. The molecule has 0 radical (unpaired) electrons. The minimum atomic E-state index is -0.288. The summed E-state index contributed by atoms with van der Waals surface area (Å²) in [6.45, 7) is 3.83. The van der Waals surface area contributed by atoms with Crippen molar-refractivity contribution in [1.82, 2.24) is 4.72 Å². The van der Waals surface area contributed by atoms with E-state index in [1.165, 1.54) is 24.1 Å². The highest BCUT2D eigenvalue weighted by atomic mass is 32.2. The van der Waals surface area contributed by atoms with E-state index < -0.39 is 0 Å². The summed E-state index contributed by atoms with van der Waals surface area (Å²) in [5, 5.41) is 0. The van der Waals surface area contributed by atoms with Gasteiger partial charge in [0.25, 0.3) is 0 Å². The van der Waals surface area contributed by atoms with Crippen LogP contribution in [-0.2, 0) is 4.74 Å². The van der Waals surface area contributed by atoms with Crippen LogP contribution in [0.15, 0.2) is 28.1 Å². The molecule has 3 nitrogen and oxygen atoms in total. The monoisotopic (exact) mass is 226 g/mol. The lowest BCUT2D eigenvalue weighted by molar-refractivity contribution is 0.222. The van der Waals surface area contributed by atoms with Crippen molar-refractivity contribution < 1.29 is 9.13 Å². The molecule has 0 saturated carbocycles. The summed E-state index contributed by atoms with van der Waals surface area (Å²) in [4.78, 5) is 5.06. The van der Waals surface area contributed by atoms with Gasteiger partial charge in [-0.15, -0.1) is 0 Å². The first kappa shape index (κ1) is 10.3. The Morgan fingerprint density at radius 2 is 2.27 bits per heavy atom. The molecule has 1 aliphatic heterocycles. The highest BCUT2D eigenvalue weighted by Crippen LogP contribution is 2.31. The molecule has 5 heteroatoms. The highest BCUT2D eigenvalue weighted by Gasteiger charge is 2.14. The van der Waals surface area contributed by atoms with E-state index in [2.05, 4.69) is 9.71 Å². The highest BCUT2D eigenvalue weighted by molar-refractivity contribution is 7.98. The molecule has 0 saturated heterocycles. The maximum absolute atomic E-state index is 12.9. The number of nitrogens with one attached hydrogen (secondary N) is 1. The van der Waals surface area contributed by atoms with Crippen molar-refractivity contribution in [1.29, 1.82) is 0 Å². The van der Waals surface area contributed by atoms with Crippen molar-refractivity contribution in [2.75, 3.05) is 0 Å². The van der Waals surface area contributed by atoms with E-state index in [0.717, 1.165) is 4.90 Å². The Kier molecular flexibility index (Phi) is 2.81. The number of nitrogens with zero attached hydrogens (tertiary/aromatic N) is 1. The predicted molar refractivity (Wildman–Crippen MR) is 58.7 cm³/mol. The number of hydrogen-bond acceptors (Lipinski definition) is 4. The van der Waals surface area contributed by atoms with Crippen molar-refractivity contribution in [2.45, 2.75) is 24.8 Å². The van der Waals surface area contributed by atoms with Gasteiger partial charge in [0.05, 0.1) is 16.7 Å². The van der Waals surface area contributed by atoms with Crippen molar-refractivity contribution in [3.8, 4) is 0 Å². The Labute approximate surface area is 91.9 Å². The van der Waals surface area contributed by atoms with Gasteiger partial charge in [-0.2, -0.15) is 4.99 Å². The van der Waals surface area contributed by atoms with Gasteiger partial charge in [-0.1, -0.05) is 0 Å². The fourth-order valence-corrected chi connectivity index (χ4v) is 1.80. The van der Waals surface area contributed by atoms with Crippen LogP contribution >= 0.6 is 11.9 Å². The van der Waals surface area contributed by atoms with Crippen LogP contribution in [0, 0.1) is 5.82 Å². The zero-order chi connectivity index (χ0) is 10.8. The van der Waals surface area contributed by atoms with E-state index in [9.17, 15) is 4.39 Å². The fraction of sp³-hybridized carbons (Fsp3) is 0.300. The lowest BCUT2D eigenvalue weighted by Gasteiger charge is -2.18. The number of amidine groups is 1. The van der Waals surface area contributed by atoms with E-state index in [1.807, 2.05) is 13.8 Å². The molecule has 1 aromatic carbocycles. The Morgan fingerprint density at radius 3 is 3.00 bits per heavy atom. The molecule has 0 aliphatic carbocycles. The van der Waals surface area contributed by atoms with Crippen LogP contribution in [0.4, 0.5) is 10.1 Å². The summed E-state index contributed by atoms with van der Waals surface area (Å²) in [6.07, 6.45) is 0.0481. The third kappa shape index (κ3) is 2.41. The summed E-state index contributed by atoms with van der Waals surface area (Å²) in [6, 6.07) is 4.93. The van der Waals surface area contributed by atoms with Crippen LogP contribution in [0.5, 0.6) is 0 Å². The Morgan fingerprint density at radius 1 is 1.47 bits per heavy atom. The molecule has 0 fully saturated rings. The molecule has 0 atom stereocenters. The average molecular weight is 226 g/mol. The topological polar surface area (TPSA) is 33.6 Å². The molecule has 1 aromatic rings. The van der Waals surface area contributed by atoms with Gasteiger partial charge in [-0.3, -0.25) is 4.72 Å². The number of benzene rings is 1. The third-order valence-corrected chi connectivity index (χ3v) is 2.58. The second-order valence-electron chi connectivity index (χ2n) is 3.40. The number of hydrogen-bond donors (Lipinski definition) is 1. The van der Waals surface area contributed by atoms with Crippen molar-refractivity contribution in [3.05, 3.63) is 24.0 Å². The molecule has 0 amide bonds. The maximum atomic E-state index is 12.9. The van der Waals surface area contributed by atoms with Crippen LogP contribution in [0.25, 0.3) is 0 Å². The zero-order valence-corrected chi connectivity index (χ0v) is 9.27. The van der Waals surface area contributed by atoms with E-state index in [4.69, 9.17) is 4.74 Å². The summed E-state index contributed by atoms with van der Waals surface area (Å²) in [5.74, 6) is -0.288. The van der Waals surface area contributed by atoms with Gasteiger partial charge < -0.3 is 4.74 Å². The normalized spacial score (nSPS) is 14.3. The SMILES string of the molecule is CC(C)OC1=Nc2cc(F)ccc2SN1. The first-order chi connectivity index (χ1) is 7.15. The van der Waals surface area contributed by atoms with Gasteiger partial charge >= 0.3 is 6.02 Å². The molecule has 15 heavy (non-hydrogen) atoms. The average Bonchev–Trinajstić information content (AvgIpc) is 2.16. The summed E-state index contributed by atoms with van der Waals surface area (Å²) in [5.41, 5.74) is 0.606. The quantitative estimate of drug-likeness (QED) is 0.747. The number of rotatable bonds is 1. The number of ether oxygens (including phenoxy) is 1. The van der Waals surface area contributed by atoms with Gasteiger partial charge in [-0.05, 0) is 37.9 Å². The minimum absolute atomic E-state index is 0.0481. The summed E-state index contributed by atoms with van der Waals surface area (Å²) in [7, 11) is 0. The van der Waals surface area contributed by atoms with Crippen LogP contribution < -0.4 is 4.72 Å². The molecule has 0 spiro atoms. The summed E-state index contributed by atoms with van der Waals surface area (Å²) >= 11 is 1.38. The molecule has 1 N–H and O–H groups in total. The lowest BCUT2D eigenvalue weighted by atomic mass is 10.3. The van der Waals surface area contributed by atoms with Crippen molar-refractivity contribution in [2.24, 2.45) is 4.99 Å². The smallest absolute Gasteiger partial charge is 0.300 e.